The predicted octanol–water partition coefficient (Wildman–Crippen LogP) is 2.42. The molecule has 1 aromatic heterocycles. The molecule has 0 N–H and O–H groups in total. The van der Waals surface area contributed by atoms with Crippen molar-refractivity contribution >= 4 is 17.4 Å². The molecule has 0 saturated heterocycles. The third kappa shape index (κ3) is 2.25. The van der Waals surface area contributed by atoms with E-state index in [1.807, 2.05) is 0 Å². The summed E-state index contributed by atoms with van der Waals surface area (Å²) in [6, 6.07) is 7.04. The Labute approximate surface area is 92.3 Å². The molecule has 0 aliphatic carbocycles. The van der Waals surface area contributed by atoms with Crippen molar-refractivity contribution in [1.29, 1.82) is 0 Å². The van der Waals surface area contributed by atoms with Crippen LogP contribution in [0.3, 0.4) is 0 Å². The standard InChI is InChI=1S/C11H9ClN2O/c12-10-4-2-1-3-9(10)11(15)7-14-6-5-13-8-14/h1-6,8H,7H2. The minimum atomic E-state index is -0.0152. The number of Topliss-reactive ketones (excluding diaryl/α,β-unsaturated/α-hetero) is 1. The Morgan fingerprint density at radius 2 is 2.20 bits per heavy atom. The minimum absolute atomic E-state index is 0.0152. The molecule has 15 heavy (non-hydrogen) atoms. The first-order valence-electron chi connectivity index (χ1n) is 4.51. The summed E-state index contributed by atoms with van der Waals surface area (Å²) in [5.41, 5.74) is 0.549. The second-order valence-corrected chi connectivity index (χ2v) is 3.55. The number of benzene rings is 1. The summed E-state index contributed by atoms with van der Waals surface area (Å²) >= 11 is 5.91. The number of hydrogen-bond donors (Lipinski definition) is 0. The van der Waals surface area contributed by atoms with Gasteiger partial charge < -0.3 is 4.57 Å². The van der Waals surface area contributed by atoms with Gasteiger partial charge in [0.05, 0.1) is 17.9 Å². The van der Waals surface area contributed by atoms with Gasteiger partial charge in [-0.3, -0.25) is 4.79 Å². The molecule has 0 amide bonds. The predicted molar refractivity (Wildman–Crippen MR) is 58.0 cm³/mol. The molecule has 4 heteroatoms. The first-order chi connectivity index (χ1) is 7.27. The third-order valence-corrected chi connectivity index (χ3v) is 2.39. The largest absolute Gasteiger partial charge is 0.330 e. The van der Waals surface area contributed by atoms with Crippen molar-refractivity contribution < 1.29 is 4.79 Å². The molecular weight excluding hydrogens is 212 g/mol. The molecule has 2 rings (SSSR count). The van der Waals surface area contributed by atoms with Gasteiger partial charge in [-0.25, -0.2) is 4.98 Å². The zero-order chi connectivity index (χ0) is 10.7. The van der Waals surface area contributed by atoms with E-state index in [0.717, 1.165) is 0 Å². The molecule has 0 radical (unpaired) electrons. The molecular formula is C11H9ClN2O. The van der Waals surface area contributed by atoms with E-state index in [2.05, 4.69) is 4.98 Å². The van der Waals surface area contributed by atoms with Crippen molar-refractivity contribution in [1.82, 2.24) is 9.55 Å². The highest BCUT2D eigenvalue weighted by Crippen LogP contribution is 2.15. The zero-order valence-corrected chi connectivity index (χ0v) is 8.69. The van der Waals surface area contributed by atoms with Crippen molar-refractivity contribution in [3.8, 4) is 0 Å². The molecule has 1 heterocycles. The highest BCUT2D eigenvalue weighted by Gasteiger charge is 2.09. The van der Waals surface area contributed by atoms with Crippen molar-refractivity contribution in [2.45, 2.75) is 6.54 Å². The first-order valence-corrected chi connectivity index (χ1v) is 4.88. The Balaban J connectivity index is 2.19. The monoisotopic (exact) mass is 220 g/mol. The zero-order valence-electron chi connectivity index (χ0n) is 7.93. The van der Waals surface area contributed by atoms with Gasteiger partial charge in [0.15, 0.2) is 5.78 Å². The van der Waals surface area contributed by atoms with Crippen LogP contribution in [0.25, 0.3) is 0 Å². The maximum atomic E-state index is 11.8. The Hall–Kier alpha value is -1.61. The number of hydrogen-bond acceptors (Lipinski definition) is 2. The van der Waals surface area contributed by atoms with Crippen LogP contribution < -0.4 is 0 Å². The minimum Gasteiger partial charge on any atom is -0.330 e. The number of imidazole rings is 1. The summed E-state index contributed by atoms with van der Waals surface area (Å²) in [6.07, 6.45) is 4.99. The lowest BCUT2D eigenvalue weighted by Gasteiger charge is -2.03. The average molecular weight is 221 g/mol. The van der Waals surface area contributed by atoms with Crippen molar-refractivity contribution in [2.75, 3.05) is 0 Å². The molecule has 0 saturated carbocycles. The van der Waals surface area contributed by atoms with Crippen LogP contribution in [0.2, 0.25) is 5.02 Å². The Bertz CT molecular complexity index is 465. The smallest absolute Gasteiger partial charge is 0.184 e. The number of carbonyl (C=O) groups is 1. The third-order valence-electron chi connectivity index (χ3n) is 2.06. The van der Waals surface area contributed by atoms with Gasteiger partial charge in [0, 0.05) is 18.0 Å². The number of nitrogens with zero attached hydrogens (tertiary/aromatic N) is 2. The Morgan fingerprint density at radius 1 is 1.40 bits per heavy atom. The SMILES string of the molecule is O=C(Cn1ccnc1)c1ccccc1Cl. The van der Waals surface area contributed by atoms with E-state index in [1.165, 1.54) is 0 Å². The van der Waals surface area contributed by atoms with Crippen LogP contribution in [0.4, 0.5) is 0 Å². The summed E-state index contributed by atoms with van der Waals surface area (Å²) < 4.78 is 1.71. The molecule has 0 aliphatic heterocycles. The molecule has 0 unspecified atom stereocenters. The lowest BCUT2D eigenvalue weighted by Crippen LogP contribution is -2.09. The molecule has 1 aromatic carbocycles. The van der Waals surface area contributed by atoms with Gasteiger partial charge in [-0.05, 0) is 12.1 Å². The molecule has 76 valence electrons. The summed E-state index contributed by atoms with van der Waals surface area (Å²) in [5.74, 6) is -0.0152. The van der Waals surface area contributed by atoms with Crippen LogP contribution in [-0.2, 0) is 6.54 Å². The van der Waals surface area contributed by atoms with Gasteiger partial charge in [0.2, 0.25) is 0 Å². The van der Waals surface area contributed by atoms with E-state index in [-0.39, 0.29) is 12.3 Å². The number of rotatable bonds is 3. The van der Waals surface area contributed by atoms with Crippen LogP contribution in [-0.4, -0.2) is 15.3 Å². The summed E-state index contributed by atoms with van der Waals surface area (Å²) in [4.78, 5) is 15.7. The van der Waals surface area contributed by atoms with Crippen molar-refractivity contribution in [3.05, 3.63) is 53.6 Å². The van der Waals surface area contributed by atoms with Crippen LogP contribution in [0, 0.1) is 0 Å². The van der Waals surface area contributed by atoms with E-state index in [9.17, 15) is 4.79 Å². The molecule has 0 fully saturated rings. The first kappa shape index (κ1) is 9.93. The lowest BCUT2D eigenvalue weighted by molar-refractivity contribution is 0.0972. The highest BCUT2D eigenvalue weighted by atomic mass is 35.5. The fraction of sp³-hybridized carbons (Fsp3) is 0.0909. The van der Waals surface area contributed by atoms with E-state index >= 15 is 0 Å². The molecule has 2 aromatic rings. The van der Waals surface area contributed by atoms with E-state index in [4.69, 9.17) is 11.6 Å². The van der Waals surface area contributed by atoms with Crippen LogP contribution >= 0.6 is 11.6 Å². The van der Waals surface area contributed by atoms with Crippen molar-refractivity contribution in [3.63, 3.8) is 0 Å². The lowest BCUT2D eigenvalue weighted by atomic mass is 10.1. The van der Waals surface area contributed by atoms with Crippen LogP contribution in [0.15, 0.2) is 43.0 Å². The van der Waals surface area contributed by atoms with Crippen LogP contribution in [0.5, 0.6) is 0 Å². The highest BCUT2D eigenvalue weighted by molar-refractivity contribution is 6.33. The second kappa shape index (κ2) is 4.28. The number of carbonyl (C=O) groups excluding carboxylic acids is 1. The summed E-state index contributed by atoms with van der Waals surface area (Å²) in [6.45, 7) is 0.268. The fourth-order valence-corrected chi connectivity index (χ4v) is 1.56. The number of halogens is 1. The second-order valence-electron chi connectivity index (χ2n) is 3.14. The molecule has 0 aliphatic rings. The molecule has 0 spiro atoms. The number of ketones is 1. The van der Waals surface area contributed by atoms with Gasteiger partial charge >= 0.3 is 0 Å². The Morgan fingerprint density at radius 3 is 2.87 bits per heavy atom. The van der Waals surface area contributed by atoms with Gasteiger partial charge in [0.1, 0.15) is 0 Å². The van der Waals surface area contributed by atoms with E-state index in [1.54, 1.807) is 47.6 Å². The fourth-order valence-electron chi connectivity index (χ4n) is 1.32. The molecule has 0 atom stereocenters. The van der Waals surface area contributed by atoms with Gasteiger partial charge in [-0.1, -0.05) is 23.7 Å². The van der Waals surface area contributed by atoms with E-state index in [0.29, 0.717) is 10.6 Å². The molecule has 0 bridgehead atoms. The van der Waals surface area contributed by atoms with E-state index < -0.39 is 0 Å². The maximum Gasteiger partial charge on any atom is 0.184 e. The van der Waals surface area contributed by atoms with Crippen LogP contribution in [0.1, 0.15) is 10.4 Å². The van der Waals surface area contributed by atoms with Gasteiger partial charge in [0.25, 0.3) is 0 Å². The molecule has 3 nitrogen and oxygen atoms in total. The summed E-state index contributed by atoms with van der Waals surface area (Å²) in [7, 11) is 0. The summed E-state index contributed by atoms with van der Waals surface area (Å²) in [5, 5.41) is 0.489. The normalized spacial score (nSPS) is 10.2. The van der Waals surface area contributed by atoms with Crippen molar-refractivity contribution in [2.24, 2.45) is 0 Å². The van der Waals surface area contributed by atoms with Gasteiger partial charge in [-0.2, -0.15) is 0 Å². The number of aromatic nitrogens is 2. The Kier molecular flexibility index (Phi) is 2.83. The average Bonchev–Trinajstić information content (AvgIpc) is 2.71. The topological polar surface area (TPSA) is 34.9 Å². The van der Waals surface area contributed by atoms with Gasteiger partial charge in [-0.15, -0.1) is 0 Å². The quantitative estimate of drug-likeness (QED) is 0.745. The maximum absolute atomic E-state index is 11.8.